The van der Waals surface area contributed by atoms with Crippen molar-refractivity contribution in [3.8, 4) is 11.1 Å². The van der Waals surface area contributed by atoms with E-state index >= 15 is 0 Å². The van der Waals surface area contributed by atoms with Gasteiger partial charge in [-0.2, -0.15) is 0 Å². The third-order valence-corrected chi connectivity index (χ3v) is 7.25. The Bertz CT molecular complexity index is 1040. The van der Waals surface area contributed by atoms with E-state index in [1.807, 2.05) is 24.3 Å². The first kappa shape index (κ1) is 24.8. The predicted octanol–water partition coefficient (Wildman–Crippen LogP) is 4.70. The molecule has 0 bridgehead atoms. The van der Waals surface area contributed by atoms with Crippen LogP contribution in [0.5, 0.6) is 0 Å². The Morgan fingerprint density at radius 1 is 0.971 bits per heavy atom. The van der Waals surface area contributed by atoms with Crippen molar-refractivity contribution in [3.63, 3.8) is 0 Å². The highest BCUT2D eigenvalue weighted by molar-refractivity contribution is 5.84. The Kier molecular flexibility index (Phi) is 7.73. The van der Waals surface area contributed by atoms with Crippen LogP contribution in [0.3, 0.4) is 0 Å². The maximum Gasteiger partial charge on any atom is 0.407 e. The topological polar surface area (TPSA) is 105 Å². The maximum absolute atomic E-state index is 12.8. The molecule has 0 saturated heterocycles. The van der Waals surface area contributed by atoms with Gasteiger partial charge in [0.05, 0.1) is 0 Å². The van der Waals surface area contributed by atoms with E-state index in [2.05, 4.69) is 34.9 Å². The van der Waals surface area contributed by atoms with E-state index < -0.39 is 18.1 Å². The lowest BCUT2D eigenvalue weighted by molar-refractivity contribution is -0.143. The van der Waals surface area contributed by atoms with Gasteiger partial charge in [0.2, 0.25) is 5.91 Å². The largest absolute Gasteiger partial charge is 0.480 e. The summed E-state index contributed by atoms with van der Waals surface area (Å²) in [6, 6.07) is 15.3. The number of hydrogen-bond donors (Lipinski definition) is 3. The van der Waals surface area contributed by atoms with Gasteiger partial charge in [-0.3, -0.25) is 4.79 Å². The molecule has 0 heterocycles. The summed E-state index contributed by atoms with van der Waals surface area (Å²) in [5, 5.41) is 15.0. The summed E-state index contributed by atoms with van der Waals surface area (Å²) in [6.45, 7) is 3.77. The predicted molar refractivity (Wildman–Crippen MR) is 133 cm³/mol. The molecule has 0 radical (unpaired) electrons. The molecule has 1 fully saturated rings. The van der Waals surface area contributed by atoms with Crippen molar-refractivity contribution < 1.29 is 24.2 Å². The summed E-state index contributed by atoms with van der Waals surface area (Å²) in [5.41, 5.74) is 4.67. The molecule has 3 atom stereocenters. The molecular formula is C28H34N2O5. The Labute approximate surface area is 206 Å². The summed E-state index contributed by atoms with van der Waals surface area (Å²) in [5.74, 6) is -1.60. The lowest BCUT2D eigenvalue weighted by atomic mass is 9.82. The van der Waals surface area contributed by atoms with Crippen LogP contribution in [0, 0.1) is 11.8 Å². The van der Waals surface area contributed by atoms with Gasteiger partial charge >= 0.3 is 12.1 Å². The number of aliphatic carboxylic acids is 1. The van der Waals surface area contributed by atoms with Gasteiger partial charge in [-0.05, 0) is 46.9 Å². The monoisotopic (exact) mass is 478 g/mol. The minimum atomic E-state index is -1.04. The Balaban J connectivity index is 1.35. The molecule has 1 unspecified atom stereocenters. The van der Waals surface area contributed by atoms with Gasteiger partial charge in [0.15, 0.2) is 0 Å². The molecule has 2 aliphatic carbocycles. The van der Waals surface area contributed by atoms with Crippen molar-refractivity contribution in [2.75, 3.05) is 6.61 Å². The van der Waals surface area contributed by atoms with E-state index in [4.69, 9.17) is 4.74 Å². The van der Waals surface area contributed by atoms with Crippen molar-refractivity contribution in [2.45, 2.75) is 64.0 Å². The summed E-state index contributed by atoms with van der Waals surface area (Å²) >= 11 is 0. The average Bonchev–Trinajstić information content (AvgIpc) is 3.16. The van der Waals surface area contributed by atoms with Crippen LogP contribution in [-0.4, -0.2) is 41.8 Å². The number of carbonyl (C=O) groups excluding carboxylic acids is 2. The number of fused-ring (bicyclic) bond motifs is 3. The van der Waals surface area contributed by atoms with Crippen molar-refractivity contribution in [1.82, 2.24) is 10.6 Å². The molecular weight excluding hydrogens is 444 g/mol. The number of carbonyl (C=O) groups is 3. The van der Waals surface area contributed by atoms with Crippen LogP contribution in [0.15, 0.2) is 48.5 Å². The molecule has 0 aromatic heterocycles. The van der Waals surface area contributed by atoms with E-state index in [-0.39, 0.29) is 42.7 Å². The van der Waals surface area contributed by atoms with E-state index in [0.717, 1.165) is 36.8 Å². The highest BCUT2D eigenvalue weighted by atomic mass is 16.5. The van der Waals surface area contributed by atoms with Crippen LogP contribution in [0.1, 0.15) is 63.0 Å². The van der Waals surface area contributed by atoms with Gasteiger partial charge in [-0.1, -0.05) is 75.2 Å². The number of carboxylic acids is 1. The van der Waals surface area contributed by atoms with Gasteiger partial charge < -0.3 is 20.5 Å². The zero-order valence-electron chi connectivity index (χ0n) is 20.3. The van der Waals surface area contributed by atoms with Gasteiger partial charge in [0, 0.05) is 18.4 Å². The van der Waals surface area contributed by atoms with E-state index in [0.29, 0.717) is 0 Å². The number of rotatable bonds is 8. The summed E-state index contributed by atoms with van der Waals surface area (Å²) < 4.78 is 5.69. The molecule has 7 heteroatoms. The number of alkyl carbamates (subject to hydrolysis) is 1. The smallest absolute Gasteiger partial charge is 0.407 e. The second kappa shape index (κ2) is 10.9. The van der Waals surface area contributed by atoms with Crippen molar-refractivity contribution in [3.05, 3.63) is 59.7 Å². The zero-order valence-corrected chi connectivity index (χ0v) is 20.3. The normalized spacial score (nSPS) is 20.0. The zero-order chi connectivity index (χ0) is 24.9. The molecule has 186 valence electrons. The lowest BCUT2D eigenvalue weighted by Crippen LogP contribution is -2.47. The summed E-state index contributed by atoms with van der Waals surface area (Å²) in [4.78, 5) is 36.8. The second-order valence-corrected chi connectivity index (χ2v) is 9.95. The molecule has 2 aliphatic rings. The number of hydrogen-bond acceptors (Lipinski definition) is 4. The van der Waals surface area contributed by atoms with Gasteiger partial charge in [0.25, 0.3) is 0 Å². The van der Waals surface area contributed by atoms with Crippen LogP contribution < -0.4 is 10.6 Å². The summed E-state index contributed by atoms with van der Waals surface area (Å²) in [7, 11) is 0. The fraction of sp³-hybridized carbons (Fsp3) is 0.464. The van der Waals surface area contributed by atoms with Crippen LogP contribution >= 0.6 is 0 Å². The standard InChI is InChI=1S/C28H34N2O5/c1-17(2)26(27(32)33)30-25(31)15-18-9-3-8-14-24(18)29-28(34)35-16-23-21-12-6-4-10-19(21)20-11-5-7-13-22(20)23/h4-7,10-13,17-18,23-24,26H,3,8-9,14-16H2,1-2H3,(H,29,34)(H,30,31)(H,32,33)/t18-,24-,26?/m0/s1. The molecule has 2 amide bonds. The van der Waals surface area contributed by atoms with Gasteiger partial charge in [-0.15, -0.1) is 0 Å². The van der Waals surface area contributed by atoms with Crippen LogP contribution in [-0.2, 0) is 14.3 Å². The van der Waals surface area contributed by atoms with E-state index in [1.165, 1.54) is 11.1 Å². The van der Waals surface area contributed by atoms with Crippen molar-refractivity contribution in [1.29, 1.82) is 0 Å². The van der Waals surface area contributed by atoms with Crippen LogP contribution in [0.2, 0.25) is 0 Å². The van der Waals surface area contributed by atoms with E-state index in [9.17, 15) is 19.5 Å². The SMILES string of the molecule is CC(C)C(NC(=O)C[C@@H]1CCCC[C@@H]1NC(=O)OCC1c2ccccc2-c2ccccc21)C(=O)O. The number of nitrogens with one attached hydrogen (secondary N) is 2. The number of benzene rings is 2. The van der Waals surface area contributed by atoms with Crippen LogP contribution in [0.4, 0.5) is 4.79 Å². The van der Waals surface area contributed by atoms with Crippen LogP contribution in [0.25, 0.3) is 11.1 Å². The Morgan fingerprint density at radius 3 is 2.17 bits per heavy atom. The van der Waals surface area contributed by atoms with Gasteiger partial charge in [-0.25, -0.2) is 9.59 Å². The number of ether oxygens (including phenoxy) is 1. The molecule has 0 spiro atoms. The summed E-state index contributed by atoms with van der Waals surface area (Å²) in [6.07, 6.45) is 3.24. The number of carboxylic acid groups (broad SMARTS) is 1. The third kappa shape index (κ3) is 5.66. The minimum Gasteiger partial charge on any atom is -0.480 e. The average molecular weight is 479 g/mol. The first-order chi connectivity index (χ1) is 16.8. The molecule has 3 N–H and O–H groups in total. The molecule has 7 nitrogen and oxygen atoms in total. The van der Waals surface area contributed by atoms with Crippen molar-refractivity contribution >= 4 is 18.0 Å². The minimum absolute atomic E-state index is 0.00920. The van der Waals surface area contributed by atoms with E-state index in [1.54, 1.807) is 13.8 Å². The molecule has 35 heavy (non-hydrogen) atoms. The maximum atomic E-state index is 12.8. The third-order valence-electron chi connectivity index (χ3n) is 7.25. The fourth-order valence-electron chi connectivity index (χ4n) is 5.42. The Morgan fingerprint density at radius 2 is 1.57 bits per heavy atom. The van der Waals surface area contributed by atoms with Crippen molar-refractivity contribution in [2.24, 2.45) is 11.8 Å². The first-order valence-electron chi connectivity index (χ1n) is 12.5. The quantitative estimate of drug-likeness (QED) is 0.510. The highest BCUT2D eigenvalue weighted by Crippen LogP contribution is 2.44. The fourth-order valence-corrected chi connectivity index (χ4v) is 5.42. The highest BCUT2D eigenvalue weighted by Gasteiger charge is 2.32. The first-order valence-corrected chi connectivity index (χ1v) is 12.5. The molecule has 2 aromatic rings. The molecule has 1 saturated carbocycles. The lowest BCUT2D eigenvalue weighted by Gasteiger charge is -2.32. The Hall–Kier alpha value is -3.35. The number of amides is 2. The second-order valence-electron chi connectivity index (χ2n) is 9.95. The molecule has 0 aliphatic heterocycles. The molecule has 2 aromatic carbocycles. The molecule has 4 rings (SSSR count). The van der Waals surface area contributed by atoms with Gasteiger partial charge in [0.1, 0.15) is 12.6 Å².